The number of anilines is 2. The lowest BCUT2D eigenvalue weighted by atomic mass is 10.1. The maximum Gasteiger partial charge on any atom is 0.573 e. The Morgan fingerprint density at radius 1 is 1.09 bits per heavy atom. The number of carbonyl (C=O) groups excluding carboxylic acids is 1. The molecule has 0 unspecified atom stereocenters. The number of halogens is 3. The number of phenols is 2. The normalized spacial score (nSPS) is 14.4. The maximum absolute atomic E-state index is 12.6. The van der Waals surface area contributed by atoms with Gasteiger partial charge in [-0.1, -0.05) is 0 Å². The summed E-state index contributed by atoms with van der Waals surface area (Å²) in [4.78, 5) is 28.4. The number of ether oxygens (including phenoxy) is 1. The van der Waals surface area contributed by atoms with Crippen molar-refractivity contribution >= 4 is 28.4 Å². The zero-order valence-corrected chi connectivity index (χ0v) is 17.8. The molecule has 2 amide bonds. The van der Waals surface area contributed by atoms with Crippen molar-refractivity contribution in [2.24, 2.45) is 0 Å². The lowest BCUT2D eigenvalue weighted by molar-refractivity contribution is -0.274. The van der Waals surface area contributed by atoms with Crippen LogP contribution in [0.25, 0.3) is 11.0 Å². The van der Waals surface area contributed by atoms with Crippen LogP contribution in [0, 0.1) is 6.92 Å². The summed E-state index contributed by atoms with van der Waals surface area (Å²) >= 11 is 0. The third-order valence-corrected chi connectivity index (χ3v) is 5.41. The number of hydrogen-bond acceptors (Lipinski definition) is 7. The van der Waals surface area contributed by atoms with Crippen LogP contribution in [0.15, 0.2) is 45.6 Å². The van der Waals surface area contributed by atoms with Gasteiger partial charge < -0.3 is 34.5 Å². The molecule has 1 aromatic heterocycles. The summed E-state index contributed by atoms with van der Waals surface area (Å²) in [6.45, 7) is 2.80. The number of fused-ring (bicyclic) bond motifs is 1. The van der Waals surface area contributed by atoms with E-state index in [2.05, 4.69) is 10.1 Å². The summed E-state index contributed by atoms with van der Waals surface area (Å²) in [5.74, 6) is -0.852. The number of hydrogen-bond donors (Lipinski definition) is 3. The molecule has 3 aromatic rings. The second-order valence-corrected chi connectivity index (χ2v) is 7.68. The van der Waals surface area contributed by atoms with Gasteiger partial charge in [0.1, 0.15) is 28.5 Å². The van der Waals surface area contributed by atoms with E-state index in [1.807, 2.05) is 0 Å². The maximum atomic E-state index is 12.6. The molecule has 2 aromatic carbocycles. The fraction of sp³-hybridized carbons (Fsp3) is 0.273. The molecule has 12 heteroatoms. The number of nitrogens with one attached hydrogen (secondary N) is 1. The highest BCUT2D eigenvalue weighted by Gasteiger charge is 2.31. The molecule has 1 fully saturated rings. The van der Waals surface area contributed by atoms with Gasteiger partial charge in [-0.3, -0.25) is 0 Å². The van der Waals surface area contributed by atoms with E-state index in [-0.39, 0.29) is 35.9 Å². The molecule has 180 valence electrons. The molecule has 0 aliphatic carbocycles. The van der Waals surface area contributed by atoms with Crippen LogP contribution in [-0.2, 0) is 0 Å². The van der Waals surface area contributed by atoms with Gasteiger partial charge in [0, 0.05) is 44.0 Å². The number of alkyl halides is 3. The van der Waals surface area contributed by atoms with E-state index in [0.717, 1.165) is 18.2 Å². The highest BCUT2D eigenvalue weighted by atomic mass is 19.4. The summed E-state index contributed by atoms with van der Waals surface area (Å²) in [6.07, 6.45) is -4.80. The number of aryl methyl sites for hydroxylation is 1. The first kappa shape index (κ1) is 23.1. The number of rotatable bonds is 3. The monoisotopic (exact) mass is 479 g/mol. The molecule has 4 rings (SSSR count). The average molecular weight is 479 g/mol. The molecule has 3 N–H and O–H groups in total. The topological polar surface area (TPSA) is 115 Å². The Balaban J connectivity index is 1.43. The molecule has 0 saturated carbocycles. The Labute approximate surface area is 190 Å². The van der Waals surface area contributed by atoms with E-state index in [1.165, 1.54) is 23.1 Å². The van der Waals surface area contributed by atoms with Crippen LogP contribution in [0.3, 0.4) is 0 Å². The van der Waals surface area contributed by atoms with Gasteiger partial charge in [0.05, 0.1) is 5.39 Å². The van der Waals surface area contributed by atoms with Crippen LogP contribution in [0.4, 0.5) is 29.3 Å². The van der Waals surface area contributed by atoms with Crippen LogP contribution in [0.1, 0.15) is 5.56 Å². The van der Waals surface area contributed by atoms with Crippen LogP contribution >= 0.6 is 0 Å². The van der Waals surface area contributed by atoms with Crippen molar-refractivity contribution in [2.75, 3.05) is 36.4 Å². The highest BCUT2D eigenvalue weighted by Crippen LogP contribution is 2.35. The van der Waals surface area contributed by atoms with Gasteiger partial charge in [-0.05, 0) is 36.8 Å². The number of urea groups is 1. The van der Waals surface area contributed by atoms with Crippen molar-refractivity contribution in [3.05, 3.63) is 52.4 Å². The summed E-state index contributed by atoms with van der Waals surface area (Å²) in [5, 5.41) is 22.8. The van der Waals surface area contributed by atoms with E-state index < -0.39 is 23.8 Å². The van der Waals surface area contributed by atoms with Gasteiger partial charge in [-0.25, -0.2) is 9.59 Å². The van der Waals surface area contributed by atoms with E-state index in [4.69, 9.17) is 4.42 Å². The summed E-state index contributed by atoms with van der Waals surface area (Å²) in [7, 11) is 0. The molecule has 1 saturated heterocycles. The van der Waals surface area contributed by atoms with Gasteiger partial charge in [0.15, 0.2) is 0 Å². The minimum absolute atomic E-state index is 0.0633. The first-order valence-corrected chi connectivity index (χ1v) is 10.2. The fourth-order valence-electron chi connectivity index (χ4n) is 3.91. The number of aromatic hydroxyl groups is 2. The summed E-state index contributed by atoms with van der Waals surface area (Å²) in [5.41, 5.74) is 0.478. The predicted molar refractivity (Wildman–Crippen MR) is 116 cm³/mol. The lowest BCUT2D eigenvalue weighted by Crippen LogP contribution is -2.51. The number of phenolic OH excluding ortho intramolecular Hbond substituents is 2. The molecular formula is C22H20F3N3O6. The molecule has 1 aliphatic rings. The lowest BCUT2D eigenvalue weighted by Gasteiger charge is -2.36. The molecule has 0 atom stereocenters. The van der Waals surface area contributed by atoms with Crippen LogP contribution in [-0.4, -0.2) is 53.7 Å². The van der Waals surface area contributed by atoms with Crippen molar-refractivity contribution in [2.45, 2.75) is 13.3 Å². The third-order valence-electron chi connectivity index (χ3n) is 5.41. The summed E-state index contributed by atoms with van der Waals surface area (Å²) in [6, 6.07) is 6.74. The Morgan fingerprint density at radius 3 is 2.35 bits per heavy atom. The minimum atomic E-state index is -4.80. The first-order chi connectivity index (χ1) is 16.0. The summed E-state index contributed by atoms with van der Waals surface area (Å²) < 4.78 is 45.9. The highest BCUT2D eigenvalue weighted by molar-refractivity contribution is 5.91. The molecule has 0 bridgehead atoms. The van der Waals surface area contributed by atoms with Gasteiger partial charge in [0.2, 0.25) is 0 Å². The molecule has 0 radical (unpaired) electrons. The molecule has 0 spiro atoms. The van der Waals surface area contributed by atoms with Crippen LogP contribution < -0.4 is 20.6 Å². The van der Waals surface area contributed by atoms with E-state index in [0.29, 0.717) is 29.7 Å². The Kier molecular flexibility index (Phi) is 5.90. The fourth-order valence-corrected chi connectivity index (χ4v) is 3.91. The van der Waals surface area contributed by atoms with Gasteiger partial charge in [-0.2, -0.15) is 0 Å². The quantitative estimate of drug-likeness (QED) is 0.490. The van der Waals surface area contributed by atoms with Crippen LogP contribution in [0.5, 0.6) is 17.2 Å². The second-order valence-electron chi connectivity index (χ2n) is 7.68. The number of benzene rings is 2. The molecule has 9 nitrogen and oxygen atoms in total. The number of nitrogens with zero attached hydrogens (tertiary/aromatic N) is 2. The van der Waals surface area contributed by atoms with Crippen molar-refractivity contribution in [3.8, 4) is 17.2 Å². The van der Waals surface area contributed by atoms with Gasteiger partial charge in [-0.15, -0.1) is 13.2 Å². The number of carbonyl (C=O) groups is 1. The first-order valence-electron chi connectivity index (χ1n) is 10.2. The largest absolute Gasteiger partial charge is 0.573 e. The van der Waals surface area contributed by atoms with Crippen molar-refractivity contribution in [3.63, 3.8) is 0 Å². The van der Waals surface area contributed by atoms with E-state index in [1.54, 1.807) is 11.8 Å². The number of piperazine rings is 1. The van der Waals surface area contributed by atoms with Crippen molar-refractivity contribution < 1.29 is 37.3 Å². The van der Waals surface area contributed by atoms with E-state index >= 15 is 0 Å². The molecule has 2 heterocycles. The molecule has 34 heavy (non-hydrogen) atoms. The predicted octanol–water partition coefficient (Wildman–Crippen LogP) is 3.77. The smallest absolute Gasteiger partial charge is 0.508 e. The van der Waals surface area contributed by atoms with Gasteiger partial charge >= 0.3 is 18.0 Å². The SMILES string of the molecule is Cc1c(N2CCN(C(=O)Nc3ccc(OC(F)(F)F)cc3)CC2)c(=O)oc2cc(O)cc(O)c12. The molecular weight excluding hydrogens is 459 g/mol. The van der Waals surface area contributed by atoms with Crippen molar-refractivity contribution in [1.82, 2.24) is 4.90 Å². The Bertz CT molecular complexity index is 1280. The second kappa shape index (κ2) is 8.69. The Morgan fingerprint density at radius 2 is 1.74 bits per heavy atom. The van der Waals surface area contributed by atoms with Crippen molar-refractivity contribution in [1.29, 1.82) is 0 Å². The average Bonchev–Trinajstić information content (AvgIpc) is 2.73. The van der Waals surface area contributed by atoms with Gasteiger partial charge in [0.25, 0.3) is 0 Å². The zero-order chi connectivity index (χ0) is 24.6. The standard InChI is InChI=1S/C22H20F3N3O6/c1-12-18-16(30)10-14(29)11-17(18)33-20(31)19(12)27-6-8-28(9-7-27)21(32)26-13-2-4-15(5-3-13)34-22(23,24)25/h2-5,10-11,29-30H,6-9H2,1H3,(H,26,32). The Hall–Kier alpha value is -4.09. The zero-order valence-electron chi connectivity index (χ0n) is 17.8. The number of amides is 2. The molecule has 1 aliphatic heterocycles. The van der Waals surface area contributed by atoms with Crippen LogP contribution in [0.2, 0.25) is 0 Å². The third kappa shape index (κ3) is 4.80. The van der Waals surface area contributed by atoms with E-state index in [9.17, 15) is 33.0 Å². The minimum Gasteiger partial charge on any atom is -0.508 e.